The van der Waals surface area contributed by atoms with Crippen LogP contribution < -0.4 is 0 Å². The lowest BCUT2D eigenvalue weighted by atomic mass is 10.0. The zero-order chi connectivity index (χ0) is 14.6. The van der Waals surface area contributed by atoms with E-state index in [9.17, 15) is 14.8 Å². The number of para-hydroxylation sites is 1. The lowest BCUT2D eigenvalue weighted by Gasteiger charge is -2.20. The number of aromatic hydroxyl groups is 1. The largest absolute Gasteiger partial charge is 0.591 e. The van der Waals surface area contributed by atoms with Crippen LogP contribution in [0.4, 0.5) is 0 Å². The standard InChI is InChI=1S/C14H21NO3S/c1-10(16)9-12(15-19(18)14(2,3)4)11-7-5-6-8-13(11)17/h5-8,10,16-17H,9H2,1-4H3/b15-12+/t10-,19+/m0/s1. The zero-order valence-corrected chi connectivity index (χ0v) is 12.6. The minimum atomic E-state index is -1.43. The molecule has 0 bridgehead atoms. The average Bonchev–Trinajstić information content (AvgIpc) is 2.26. The topological polar surface area (TPSA) is 75.9 Å². The maximum absolute atomic E-state index is 12.1. The molecule has 4 nitrogen and oxygen atoms in total. The smallest absolute Gasteiger partial charge is 0.144 e. The van der Waals surface area contributed by atoms with Crippen LogP contribution in [-0.4, -0.2) is 31.3 Å². The Bertz CT molecular complexity index is 452. The van der Waals surface area contributed by atoms with E-state index < -0.39 is 22.2 Å². The van der Waals surface area contributed by atoms with Crippen molar-refractivity contribution < 1.29 is 14.8 Å². The number of nitrogens with zero attached hydrogens (tertiary/aromatic N) is 1. The molecule has 2 atom stereocenters. The second kappa shape index (κ2) is 6.41. The van der Waals surface area contributed by atoms with Crippen LogP contribution in [0.25, 0.3) is 0 Å². The Morgan fingerprint density at radius 1 is 1.37 bits per heavy atom. The molecule has 0 saturated heterocycles. The van der Waals surface area contributed by atoms with Crippen molar-refractivity contribution >= 4 is 17.1 Å². The second-order valence-corrected chi connectivity index (χ2v) is 7.38. The fraction of sp³-hybridized carbons (Fsp3) is 0.500. The summed E-state index contributed by atoms with van der Waals surface area (Å²) in [4.78, 5) is 0. The SMILES string of the molecule is C[C@H](O)C/C(=N\[S@+]([O-])C(C)(C)C)c1ccccc1O. The molecule has 0 amide bonds. The third kappa shape index (κ3) is 4.86. The first-order valence-corrected chi connectivity index (χ1v) is 7.28. The van der Waals surface area contributed by atoms with E-state index in [-0.39, 0.29) is 12.2 Å². The molecule has 0 aliphatic rings. The van der Waals surface area contributed by atoms with Gasteiger partial charge in [0.25, 0.3) is 0 Å². The Kier molecular flexibility index (Phi) is 5.40. The molecule has 0 fully saturated rings. The van der Waals surface area contributed by atoms with Crippen LogP contribution in [-0.2, 0) is 11.4 Å². The number of phenols is 1. The number of hydrogen-bond acceptors (Lipinski definition) is 4. The van der Waals surface area contributed by atoms with Gasteiger partial charge in [-0.2, -0.15) is 0 Å². The van der Waals surface area contributed by atoms with Gasteiger partial charge in [0.2, 0.25) is 0 Å². The van der Waals surface area contributed by atoms with Crippen LogP contribution in [0.2, 0.25) is 0 Å². The summed E-state index contributed by atoms with van der Waals surface area (Å²) in [5.41, 5.74) is 0.974. The minimum absolute atomic E-state index is 0.0767. The summed E-state index contributed by atoms with van der Waals surface area (Å²) in [6.07, 6.45) is -0.366. The molecule has 0 spiro atoms. The molecule has 1 aromatic carbocycles. The van der Waals surface area contributed by atoms with E-state index in [0.29, 0.717) is 11.3 Å². The Morgan fingerprint density at radius 3 is 2.42 bits per heavy atom. The van der Waals surface area contributed by atoms with E-state index in [1.165, 1.54) is 0 Å². The summed E-state index contributed by atoms with van der Waals surface area (Å²) in [7, 11) is 0. The molecule has 2 N–H and O–H groups in total. The molecular weight excluding hydrogens is 262 g/mol. The van der Waals surface area contributed by atoms with E-state index in [0.717, 1.165) is 0 Å². The maximum Gasteiger partial charge on any atom is 0.144 e. The van der Waals surface area contributed by atoms with Crippen molar-refractivity contribution in [2.24, 2.45) is 4.40 Å². The highest BCUT2D eigenvalue weighted by atomic mass is 32.2. The van der Waals surface area contributed by atoms with Crippen molar-refractivity contribution in [2.45, 2.75) is 45.0 Å². The van der Waals surface area contributed by atoms with Gasteiger partial charge in [0, 0.05) is 12.0 Å². The summed E-state index contributed by atoms with van der Waals surface area (Å²) >= 11 is -1.43. The van der Waals surface area contributed by atoms with E-state index >= 15 is 0 Å². The van der Waals surface area contributed by atoms with E-state index in [1.807, 2.05) is 20.8 Å². The van der Waals surface area contributed by atoms with Crippen molar-refractivity contribution in [1.82, 2.24) is 0 Å². The fourth-order valence-corrected chi connectivity index (χ4v) is 2.08. The molecule has 1 rings (SSSR count). The summed E-state index contributed by atoms with van der Waals surface area (Å²) in [5.74, 6) is 0.0767. The third-order valence-electron chi connectivity index (χ3n) is 2.42. The van der Waals surface area contributed by atoms with E-state index in [2.05, 4.69) is 4.40 Å². The highest BCUT2D eigenvalue weighted by Gasteiger charge is 2.28. The summed E-state index contributed by atoms with van der Waals surface area (Å²) < 4.78 is 15.8. The quantitative estimate of drug-likeness (QED) is 0.658. The first kappa shape index (κ1) is 16.0. The van der Waals surface area contributed by atoms with Gasteiger partial charge in [0.1, 0.15) is 27.6 Å². The Hall–Kier alpha value is -1.04. The molecule has 0 aliphatic heterocycles. The molecule has 0 unspecified atom stereocenters. The van der Waals surface area contributed by atoms with Crippen LogP contribution in [0.1, 0.15) is 39.7 Å². The molecule has 5 heteroatoms. The van der Waals surface area contributed by atoms with Gasteiger partial charge in [-0.05, 0) is 39.8 Å². The molecule has 0 heterocycles. The molecule has 106 valence electrons. The number of aliphatic hydroxyl groups excluding tert-OH is 1. The minimum Gasteiger partial charge on any atom is -0.591 e. The van der Waals surface area contributed by atoms with Crippen molar-refractivity contribution in [3.05, 3.63) is 29.8 Å². The van der Waals surface area contributed by atoms with Gasteiger partial charge in [0.15, 0.2) is 0 Å². The number of hydrogen-bond donors (Lipinski definition) is 2. The lowest BCUT2D eigenvalue weighted by molar-refractivity contribution is 0.203. The van der Waals surface area contributed by atoms with Gasteiger partial charge >= 0.3 is 0 Å². The van der Waals surface area contributed by atoms with Gasteiger partial charge in [-0.3, -0.25) is 0 Å². The van der Waals surface area contributed by atoms with Crippen LogP contribution in [0.15, 0.2) is 28.7 Å². The summed E-state index contributed by atoms with van der Waals surface area (Å²) in [5, 5.41) is 19.4. The molecule has 0 radical (unpaired) electrons. The van der Waals surface area contributed by atoms with Crippen LogP contribution in [0, 0.1) is 0 Å². The Morgan fingerprint density at radius 2 is 1.95 bits per heavy atom. The summed E-state index contributed by atoms with van der Waals surface area (Å²) in [6.45, 7) is 7.13. The molecule has 0 saturated carbocycles. The second-order valence-electron chi connectivity index (χ2n) is 5.47. The van der Waals surface area contributed by atoms with Crippen molar-refractivity contribution in [3.63, 3.8) is 0 Å². The van der Waals surface area contributed by atoms with E-state index in [4.69, 9.17) is 0 Å². The number of phenolic OH excluding ortho intramolecular Hbond substituents is 1. The first-order chi connectivity index (χ1) is 8.71. The Balaban J connectivity index is 3.16. The molecule has 1 aromatic rings. The fourth-order valence-electron chi connectivity index (χ4n) is 1.43. The van der Waals surface area contributed by atoms with Crippen molar-refractivity contribution in [3.8, 4) is 5.75 Å². The number of benzene rings is 1. The van der Waals surface area contributed by atoms with Gasteiger partial charge < -0.3 is 14.8 Å². The first-order valence-electron chi connectivity index (χ1n) is 6.18. The maximum atomic E-state index is 12.1. The average molecular weight is 283 g/mol. The molecule has 0 aliphatic carbocycles. The van der Waals surface area contributed by atoms with Crippen LogP contribution in [0.5, 0.6) is 5.75 Å². The molecule has 19 heavy (non-hydrogen) atoms. The third-order valence-corrected chi connectivity index (χ3v) is 3.85. The molecule has 0 aromatic heterocycles. The highest BCUT2D eigenvalue weighted by molar-refractivity contribution is 7.91. The predicted molar refractivity (Wildman–Crippen MR) is 78.8 cm³/mol. The number of rotatable bonds is 4. The van der Waals surface area contributed by atoms with Gasteiger partial charge in [-0.1, -0.05) is 16.5 Å². The highest BCUT2D eigenvalue weighted by Crippen LogP contribution is 2.23. The van der Waals surface area contributed by atoms with Crippen LogP contribution >= 0.6 is 0 Å². The monoisotopic (exact) mass is 283 g/mol. The molecular formula is C14H21NO3S. The summed E-state index contributed by atoms with van der Waals surface area (Å²) in [6, 6.07) is 6.73. The zero-order valence-electron chi connectivity index (χ0n) is 11.8. The predicted octanol–water partition coefficient (Wildman–Crippen LogP) is 2.41. The normalized spacial score (nSPS) is 16.2. The lowest BCUT2D eigenvalue weighted by Crippen LogP contribution is -2.27. The van der Waals surface area contributed by atoms with Crippen molar-refractivity contribution in [2.75, 3.05) is 0 Å². The van der Waals surface area contributed by atoms with Crippen molar-refractivity contribution in [1.29, 1.82) is 0 Å². The van der Waals surface area contributed by atoms with Gasteiger partial charge in [-0.25, -0.2) is 0 Å². The van der Waals surface area contributed by atoms with Gasteiger partial charge in [-0.15, -0.1) is 0 Å². The van der Waals surface area contributed by atoms with Gasteiger partial charge in [0.05, 0.1) is 6.10 Å². The van der Waals surface area contributed by atoms with Crippen LogP contribution in [0.3, 0.4) is 0 Å². The Labute approximate surface area is 117 Å². The number of aliphatic hydroxyl groups is 1. The van der Waals surface area contributed by atoms with E-state index in [1.54, 1.807) is 31.2 Å².